The fraction of sp³-hybridized carbons (Fsp3) is 0.296. The fourth-order valence-corrected chi connectivity index (χ4v) is 7.24. The third-order valence-corrected chi connectivity index (χ3v) is 9.49. The lowest BCUT2D eigenvalue weighted by molar-refractivity contribution is 0.0207. The van der Waals surface area contributed by atoms with Gasteiger partial charge in [-0.05, 0) is 49.2 Å². The van der Waals surface area contributed by atoms with Gasteiger partial charge in [-0.15, -0.1) is 0 Å². The molecule has 4 aromatic rings. The molecule has 0 radical (unpaired) electrons. The van der Waals surface area contributed by atoms with Crippen LogP contribution < -0.4 is 0 Å². The molecule has 39 heavy (non-hydrogen) atoms. The first kappa shape index (κ1) is 25.9. The third kappa shape index (κ3) is 4.69. The zero-order valence-corrected chi connectivity index (χ0v) is 22.5. The minimum atomic E-state index is -3.90. The SMILES string of the molecule is Cc1cc(COC[C@@]23CN(S(=O)(=O)c4ccc(Cl)nc4)CCC2=Cc2[nH]ncc2C3c2ccc(F)cc2)no1. The van der Waals surface area contributed by atoms with E-state index in [1.165, 1.54) is 34.8 Å². The molecule has 2 aliphatic rings. The molecule has 0 spiro atoms. The number of fused-ring (bicyclic) bond motifs is 2. The van der Waals surface area contributed by atoms with E-state index in [9.17, 15) is 12.8 Å². The molecule has 2 atom stereocenters. The van der Waals surface area contributed by atoms with Gasteiger partial charge in [-0.1, -0.05) is 34.5 Å². The zero-order chi connectivity index (χ0) is 27.2. The summed E-state index contributed by atoms with van der Waals surface area (Å²) >= 11 is 5.91. The van der Waals surface area contributed by atoms with Gasteiger partial charge in [-0.25, -0.2) is 17.8 Å². The van der Waals surface area contributed by atoms with Crippen LogP contribution in [0.25, 0.3) is 6.08 Å². The number of piperidine rings is 1. The summed E-state index contributed by atoms with van der Waals surface area (Å²) in [6.07, 6.45) is 5.53. The Bertz CT molecular complexity index is 1640. The van der Waals surface area contributed by atoms with Crippen molar-refractivity contribution in [1.82, 2.24) is 24.6 Å². The summed E-state index contributed by atoms with van der Waals surface area (Å²) in [5.41, 5.74) is 3.43. The van der Waals surface area contributed by atoms with Gasteiger partial charge in [-0.3, -0.25) is 5.10 Å². The van der Waals surface area contributed by atoms with Crippen molar-refractivity contribution in [3.63, 3.8) is 0 Å². The molecule has 1 unspecified atom stereocenters. The number of rotatable bonds is 7. The second-order valence-electron chi connectivity index (χ2n) is 9.88. The first-order valence-corrected chi connectivity index (χ1v) is 14.2. The highest BCUT2D eigenvalue weighted by Gasteiger charge is 2.52. The first-order valence-electron chi connectivity index (χ1n) is 12.4. The van der Waals surface area contributed by atoms with Crippen molar-refractivity contribution in [3.05, 3.63) is 99.7 Å². The molecular weight excluding hydrogens is 545 g/mol. The molecule has 9 nitrogen and oxygen atoms in total. The average Bonchev–Trinajstić information content (AvgIpc) is 3.56. The molecule has 1 aliphatic heterocycles. The minimum Gasteiger partial charge on any atom is -0.374 e. The van der Waals surface area contributed by atoms with Crippen LogP contribution in [0.5, 0.6) is 0 Å². The molecule has 1 aromatic carbocycles. The molecule has 0 amide bonds. The van der Waals surface area contributed by atoms with Crippen LogP contribution >= 0.6 is 11.6 Å². The van der Waals surface area contributed by atoms with E-state index < -0.39 is 15.4 Å². The van der Waals surface area contributed by atoms with Crippen LogP contribution in [0.1, 0.15) is 40.6 Å². The van der Waals surface area contributed by atoms with Gasteiger partial charge in [0, 0.05) is 42.2 Å². The quantitative estimate of drug-likeness (QED) is 0.320. The van der Waals surface area contributed by atoms with Gasteiger partial charge < -0.3 is 9.26 Å². The van der Waals surface area contributed by atoms with E-state index in [1.54, 1.807) is 31.3 Å². The molecule has 4 heterocycles. The van der Waals surface area contributed by atoms with E-state index in [1.807, 2.05) is 6.08 Å². The largest absolute Gasteiger partial charge is 0.374 e. The second kappa shape index (κ2) is 9.98. The number of pyridine rings is 1. The van der Waals surface area contributed by atoms with Gasteiger partial charge in [-0.2, -0.15) is 9.40 Å². The highest BCUT2D eigenvalue weighted by atomic mass is 35.5. The molecule has 202 valence electrons. The number of ether oxygens (including phenoxy) is 1. The number of hydrogen-bond donors (Lipinski definition) is 1. The summed E-state index contributed by atoms with van der Waals surface area (Å²) < 4.78 is 54.5. The predicted molar refractivity (Wildman–Crippen MR) is 141 cm³/mol. The van der Waals surface area contributed by atoms with Gasteiger partial charge in [0.1, 0.15) is 27.3 Å². The molecule has 1 N–H and O–H groups in total. The molecule has 1 fully saturated rings. The maximum atomic E-state index is 14.0. The van der Waals surface area contributed by atoms with Crippen LogP contribution in [-0.2, 0) is 21.4 Å². The van der Waals surface area contributed by atoms with Gasteiger partial charge in [0.2, 0.25) is 10.0 Å². The van der Waals surface area contributed by atoms with Crippen LogP contribution in [0.2, 0.25) is 5.15 Å². The minimum absolute atomic E-state index is 0.0617. The Kier molecular flexibility index (Phi) is 6.62. The smallest absolute Gasteiger partial charge is 0.244 e. The van der Waals surface area contributed by atoms with Gasteiger partial charge in [0.05, 0.1) is 25.1 Å². The number of halogens is 2. The lowest BCUT2D eigenvalue weighted by atomic mass is 9.60. The average molecular weight is 570 g/mol. The summed E-state index contributed by atoms with van der Waals surface area (Å²) in [7, 11) is -3.90. The number of hydrogen-bond acceptors (Lipinski definition) is 7. The van der Waals surface area contributed by atoms with E-state index >= 15 is 0 Å². The number of aromatic nitrogens is 4. The molecule has 1 aliphatic carbocycles. The molecular formula is C27H25ClFN5O4S. The number of aromatic amines is 1. The molecule has 0 bridgehead atoms. The van der Waals surface area contributed by atoms with Crippen molar-refractivity contribution in [2.75, 3.05) is 19.7 Å². The monoisotopic (exact) mass is 569 g/mol. The van der Waals surface area contributed by atoms with E-state index in [4.69, 9.17) is 20.9 Å². The number of sulfonamides is 1. The molecule has 12 heteroatoms. The lowest BCUT2D eigenvalue weighted by Gasteiger charge is -2.50. The Morgan fingerprint density at radius 3 is 2.77 bits per heavy atom. The standard InChI is InChI=1S/C27H25ClFN5O4S/c1-17-10-21(33-38-17)14-37-16-27-15-34(39(35,36)22-6-7-25(28)30-12-22)9-8-19(27)11-24-23(13-31-32-24)26(27)18-2-4-20(29)5-3-18/h2-7,10-13,26H,8-9,14-16H2,1H3,(H,31,32)/t26?,27-/m0/s1. The van der Waals surface area contributed by atoms with Crippen LogP contribution in [0.3, 0.4) is 0 Å². The van der Waals surface area contributed by atoms with E-state index in [-0.39, 0.29) is 48.1 Å². The number of nitrogens with one attached hydrogen (secondary N) is 1. The van der Waals surface area contributed by atoms with Crippen LogP contribution in [-0.4, -0.2) is 52.8 Å². The third-order valence-electron chi connectivity index (χ3n) is 7.44. The highest BCUT2D eigenvalue weighted by molar-refractivity contribution is 7.89. The highest BCUT2D eigenvalue weighted by Crippen LogP contribution is 2.54. The van der Waals surface area contributed by atoms with Crippen LogP contribution in [0.4, 0.5) is 4.39 Å². The van der Waals surface area contributed by atoms with Crippen molar-refractivity contribution in [2.24, 2.45) is 5.41 Å². The molecule has 0 saturated carbocycles. The van der Waals surface area contributed by atoms with Crippen molar-refractivity contribution in [3.8, 4) is 0 Å². The van der Waals surface area contributed by atoms with Crippen molar-refractivity contribution in [2.45, 2.75) is 30.8 Å². The van der Waals surface area contributed by atoms with Gasteiger partial charge in [0.15, 0.2) is 0 Å². The normalized spacial score (nSPS) is 21.3. The van der Waals surface area contributed by atoms with Crippen molar-refractivity contribution < 1.29 is 22.1 Å². The number of benzene rings is 1. The van der Waals surface area contributed by atoms with E-state index in [2.05, 4.69) is 20.3 Å². The summed E-state index contributed by atoms with van der Waals surface area (Å²) in [6.45, 7) is 2.59. The Balaban J connectivity index is 1.44. The van der Waals surface area contributed by atoms with Crippen molar-refractivity contribution in [1.29, 1.82) is 0 Å². The summed E-state index contributed by atoms with van der Waals surface area (Å²) in [6, 6.07) is 11.0. The van der Waals surface area contributed by atoms with Crippen LogP contribution in [0, 0.1) is 18.2 Å². The summed E-state index contributed by atoms with van der Waals surface area (Å²) in [4.78, 5) is 4.04. The molecule has 3 aromatic heterocycles. The second-order valence-corrected chi connectivity index (χ2v) is 12.2. The Morgan fingerprint density at radius 2 is 2.05 bits per heavy atom. The zero-order valence-electron chi connectivity index (χ0n) is 21.0. The van der Waals surface area contributed by atoms with E-state index in [0.29, 0.717) is 17.9 Å². The number of aryl methyl sites for hydroxylation is 1. The predicted octanol–water partition coefficient (Wildman–Crippen LogP) is 4.72. The van der Waals surface area contributed by atoms with E-state index in [0.717, 1.165) is 22.4 Å². The maximum Gasteiger partial charge on any atom is 0.244 e. The van der Waals surface area contributed by atoms with Gasteiger partial charge >= 0.3 is 0 Å². The molecule has 6 rings (SSSR count). The summed E-state index contributed by atoms with van der Waals surface area (Å²) in [5, 5.41) is 11.6. The van der Waals surface area contributed by atoms with Crippen LogP contribution in [0.15, 0.2) is 69.8 Å². The first-order chi connectivity index (χ1) is 18.8. The maximum absolute atomic E-state index is 14.0. The topological polar surface area (TPSA) is 114 Å². The number of H-pyrrole nitrogens is 1. The van der Waals surface area contributed by atoms with Crippen molar-refractivity contribution >= 4 is 27.7 Å². The summed E-state index contributed by atoms with van der Waals surface area (Å²) in [5.74, 6) is -0.0384. The number of nitrogens with zero attached hydrogens (tertiary/aromatic N) is 4. The Hall–Kier alpha value is -3.38. The Morgan fingerprint density at radius 1 is 1.23 bits per heavy atom. The fourth-order valence-electron chi connectivity index (χ4n) is 5.67. The lowest BCUT2D eigenvalue weighted by Crippen LogP contribution is -2.53. The Labute approximate surface area is 229 Å². The van der Waals surface area contributed by atoms with Gasteiger partial charge in [0.25, 0.3) is 0 Å². The molecule has 1 saturated heterocycles.